The summed E-state index contributed by atoms with van der Waals surface area (Å²) in [7, 11) is 0. The topological polar surface area (TPSA) is 58.2 Å². The summed E-state index contributed by atoms with van der Waals surface area (Å²) < 4.78 is 0. The number of amides is 2. The lowest BCUT2D eigenvalue weighted by atomic mass is 9.90. The van der Waals surface area contributed by atoms with Gasteiger partial charge in [0.15, 0.2) is 0 Å². The van der Waals surface area contributed by atoms with Crippen LogP contribution >= 0.6 is 0 Å². The van der Waals surface area contributed by atoms with Crippen LogP contribution in [0.25, 0.3) is 0 Å². The third-order valence-electron chi connectivity index (χ3n) is 6.65. The normalized spacial score (nSPS) is 15.3. The number of carbonyl (C=O) groups is 2. The molecule has 1 unspecified atom stereocenters. The van der Waals surface area contributed by atoms with Crippen molar-refractivity contribution < 1.29 is 9.59 Å². The predicted octanol–water partition coefficient (Wildman–Crippen LogP) is 5.39. The van der Waals surface area contributed by atoms with Crippen LogP contribution in [0.1, 0.15) is 61.1 Å². The zero-order valence-corrected chi connectivity index (χ0v) is 19.7. The summed E-state index contributed by atoms with van der Waals surface area (Å²) in [6, 6.07) is 29.0. The van der Waals surface area contributed by atoms with Crippen LogP contribution in [0, 0.1) is 0 Å². The Morgan fingerprint density at radius 2 is 1.18 bits per heavy atom. The van der Waals surface area contributed by atoms with Gasteiger partial charge in [-0.05, 0) is 29.5 Å². The quantitative estimate of drug-likeness (QED) is 0.449. The molecular weight excluding hydrogens is 420 g/mol. The molecule has 176 valence electrons. The Bertz CT molecular complexity index is 990. The monoisotopic (exact) mass is 454 g/mol. The number of benzene rings is 3. The Morgan fingerprint density at radius 3 is 1.71 bits per heavy atom. The van der Waals surface area contributed by atoms with Gasteiger partial charge in [0.25, 0.3) is 0 Å². The smallest absolute Gasteiger partial charge is 0.243 e. The Morgan fingerprint density at radius 1 is 0.676 bits per heavy atom. The molecule has 4 heteroatoms. The van der Waals surface area contributed by atoms with E-state index in [0.29, 0.717) is 6.42 Å². The molecule has 1 aliphatic carbocycles. The van der Waals surface area contributed by atoms with Gasteiger partial charge in [0.05, 0.1) is 5.92 Å². The van der Waals surface area contributed by atoms with E-state index in [4.69, 9.17) is 0 Å². The molecule has 34 heavy (non-hydrogen) atoms. The van der Waals surface area contributed by atoms with Crippen LogP contribution in [-0.4, -0.2) is 23.9 Å². The molecule has 2 amide bonds. The first kappa shape index (κ1) is 23.7. The Hall–Kier alpha value is -3.40. The average molecular weight is 455 g/mol. The van der Waals surface area contributed by atoms with Crippen molar-refractivity contribution in [3.8, 4) is 0 Å². The molecule has 0 aliphatic heterocycles. The van der Waals surface area contributed by atoms with Gasteiger partial charge in [-0.15, -0.1) is 0 Å². The highest BCUT2D eigenvalue weighted by atomic mass is 16.2. The van der Waals surface area contributed by atoms with Crippen LogP contribution in [0.3, 0.4) is 0 Å². The third kappa shape index (κ3) is 6.57. The lowest BCUT2D eigenvalue weighted by Crippen LogP contribution is -2.51. The lowest BCUT2D eigenvalue weighted by Gasteiger charge is -2.25. The number of carbonyl (C=O) groups excluding carboxylic acids is 2. The summed E-state index contributed by atoms with van der Waals surface area (Å²) in [5.41, 5.74) is 2.85. The fraction of sp³-hybridized carbons (Fsp3) is 0.333. The zero-order chi connectivity index (χ0) is 23.6. The first-order chi connectivity index (χ1) is 16.7. The lowest BCUT2D eigenvalue weighted by molar-refractivity contribution is -0.129. The molecule has 0 radical (unpaired) electrons. The summed E-state index contributed by atoms with van der Waals surface area (Å²) in [5, 5.41) is 6.37. The second-order valence-electron chi connectivity index (χ2n) is 9.20. The van der Waals surface area contributed by atoms with Gasteiger partial charge in [0.2, 0.25) is 11.8 Å². The highest BCUT2D eigenvalue weighted by Gasteiger charge is 2.29. The van der Waals surface area contributed by atoms with Gasteiger partial charge < -0.3 is 10.6 Å². The van der Waals surface area contributed by atoms with Crippen molar-refractivity contribution in [3.05, 3.63) is 108 Å². The van der Waals surface area contributed by atoms with Crippen LogP contribution in [0.15, 0.2) is 91.0 Å². The van der Waals surface area contributed by atoms with Crippen molar-refractivity contribution in [1.29, 1.82) is 0 Å². The van der Waals surface area contributed by atoms with Gasteiger partial charge in [-0.2, -0.15) is 0 Å². The minimum absolute atomic E-state index is 0.0935. The standard InChI is InChI=1S/C30H34N2O2/c33-29(31-26-20-12-1-2-13-21-26)27(22-23-14-6-3-7-15-23)32-30(34)28(24-16-8-4-9-17-24)25-18-10-5-11-19-25/h3-11,14-19,26-28H,1-2,12-13,20-22H2,(H,31,33)(H,32,34). The summed E-state index contributed by atoms with van der Waals surface area (Å²) in [5.74, 6) is -0.732. The first-order valence-electron chi connectivity index (χ1n) is 12.5. The Balaban J connectivity index is 1.57. The molecule has 1 fully saturated rings. The molecule has 2 N–H and O–H groups in total. The average Bonchev–Trinajstić information content (AvgIpc) is 3.14. The van der Waals surface area contributed by atoms with Crippen LogP contribution in [0.2, 0.25) is 0 Å². The molecule has 1 saturated carbocycles. The predicted molar refractivity (Wildman–Crippen MR) is 136 cm³/mol. The molecule has 0 aromatic heterocycles. The molecule has 1 aliphatic rings. The second kappa shape index (κ2) is 12.2. The number of rotatable bonds is 8. The van der Waals surface area contributed by atoms with E-state index in [2.05, 4.69) is 10.6 Å². The maximum Gasteiger partial charge on any atom is 0.243 e. The molecule has 0 bridgehead atoms. The minimum Gasteiger partial charge on any atom is -0.352 e. The minimum atomic E-state index is -0.631. The maximum absolute atomic E-state index is 13.7. The van der Waals surface area contributed by atoms with Crippen molar-refractivity contribution in [1.82, 2.24) is 10.6 Å². The van der Waals surface area contributed by atoms with E-state index in [-0.39, 0.29) is 17.9 Å². The molecule has 0 saturated heterocycles. The highest BCUT2D eigenvalue weighted by Crippen LogP contribution is 2.25. The number of nitrogens with one attached hydrogen (secondary N) is 2. The second-order valence-corrected chi connectivity index (χ2v) is 9.20. The van der Waals surface area contributed by atoms with Crippen molar-refractivity contribution in [2.24, 2.45) is 0 Å². The van der Waals surface area contributed by atoms with E-state index < -0.39 is 12.0 Å². The summed E-state index contributed by atoms with van der Waals surface area (Å²) in [4.78, 5) is 27.1. The van der Waals surface area contributed by atoms with Crippen molar-refractivity contribution >= 4 is 11.8 Å². The maximum atomic E-state index is 13.7. The van der Waals surface area contributed by atoms with E-state index in [0.717, 1.165) is 42.4 Å². The van der Waals surface area contributed by atoms with Gasteiger partial charge in [0.1, 0.15) is 6.04 Å². The van der Waals surface area contributed by atoms with Crippen molar-refractivity contribution in [3.63, 3.8) is 0 Å². The van der Waals surface area contributed by atoms with E-state index in [1.165, 1.54) is 12.8 Å². The van der Waals surface area contributed by atoms with Gasteiger partial charge in [-0.25, -0.2) is 0 Å². The molecule has 0 heterocycles. The van der Waals surface area contributed by atoms with Gasteiger partial charge >= 0.3 is 0 Å². The largest absolute Gasteiger partial charge is 0.352 e. The van der Waals surface area contributed by atoms with E-state index >= 15 is 0 Å². The fourth-order valence-corrected chi connectivity index (χ4v) is 4.83. The van der Waals surface area contributed by atoms with Gasteiger partial charge in [-0.3, -0.25) is 9.59 Å². The summed E-state index contributed by atoms with van der Waals surface area (Å²) in [6.07, 6.45) is 7.22. The van der Waals surface area contributed by atoms with Gasteiger partial charge in [0, 0.05) is 12.5 Å². The number of hydrogen-bond acceptors (Lipinski definition) is 2. The van der Waals surface area contributed by atoms with Crippen molar-refractivity contribution in [2.45, 2.75) is 62.9 Å². The van der Waals surface area contributed by atoms with Crippen LogP contribution in [0.5, 0.6) is 0 Å². The van der Waals surface area contributed by atoms with E-state index in [9.17, 15) is 9.59 Å². The van der Waals surface area contributed by atoms with Crippen molar-refractivity contribution in [2.75, 3.05) is 0 Å². The third-order valence-corrected chi connectivity index (χ3v) is 6.65. The summed E-state index contributed by atoms with van der Waals surface area (Å²) >= 11 is 0. The Labute approximate surface area is 202 Å². The molecular formula is C30H34N2O2. The Kier molecular flexibility index (Phi) is 8.50. The van der Waals surface area contributed by atoms with Crippen LogP contribution < -0.4 is 10.6 Å². The first-order valence-corrected chi connectivity index (χ1v) is 12.5. The molecule has 4 nitrogen and oxygen atoms in total. The zero-order valence-electron chi connectivity index (χ0n) is 19.7. The number of hydrogen-bond donors (Lipinski definition) is 2. The fourth-order valence-electron chi connectivity index (χ4n) is 4.83. The summed E-state index contributed by atoms with van der Waals surface area (Å²) in [6.45, 7) is 0. The van der Waals surface area contributed by atoms with Crippen LogP contribution in [0.4, 0.5) is 0 Å². The molecule has 4 rings (SSSR count). The molecule has 3 aromatic rings. The van der Waals surface area contributed by atoms with Crippen LogP contribution in [-0.2, 0) is 16.0 Å². The highest BCUT2D eigenvalue weighted by molar-refractivity contribution is 5.92. The van der Waals surface area contributed by atoms with E-state index in [1.807, 2.05) is 91.0 Å². The van der Waals surface area contributed by atoms with E-state index in [1.54, 1.807) is 0 Å². The molecule has 1 atom stereocenters. The molecule has 3 aromatic carbocycles. The molecule has 0 spiro atoms. The SMILES string of the molecule is O=C(NC1CCCCCC1)C(Cc1ccccc1)NC(=O)C(c1ccccc1)c1ccccc1. The van der Waals surface area contributed by atoms with Gasteiger partial charge in [-0.1, -0.05) is 117 Å².